The van der Waals surface area contributed by atoms with Gasteiger partial charge in [-0.15, -0.1) is 0 Å². The molecule has 0 saturated carbocycles. The van der Waals surface area contributed by atoms with Crippen molar-refractivity contribution in [1.82, 2.24) is 15.0 Å². The van der Waals surface area contributed by atoms with E-state index in [-0.39, 0.29) is 35.3 Å². The lowest BCUT2D eigenvalue weighted by Gasteiger charge is -2.09. The van der Waals surface area contributed by atoms with Crippen molar-refractivity contribution in [3.8, 4) is 10.9 Å². The molecule has 7 nitrogen and oxygen atoms in total. The van der Waals surface area contributed by atoms with Gasteiger partial charge in [0.25, 0.3) is 5.19 Å². The number of ether oxygens (including phenoxy) is 1. The molecule has 0 unspecified atom stereocenters. The molecule has 0 atom stereocenters. The summed E-state index contributed by atoms with van der Waals surface area (Å²) in [5, 5.41) is 4.77. The van der Waals surface area contributed by atoms with E-state index in [0.717, 1.165) is 23.8 Å². The average Bonchev–Trinajstić information content (AvgIpc) is 3.22. The summed E-state index contributed by atoms with van der Waals surface area (Å²) in [7, 11) is -3.89. The van der Waals surface area contributed by atoms with Crippen molar-refractivity contribution < 1.29 is 22.3 Å². The van der Waals surface area contributed by atoms with Crippen LogP contribution in [-0.2, 0) is 21.4 Å². The minimum atomic E-state index is -3.89. The highest BCUT2D eigenvalue weighted by Gasteiger charge is 2.16. The lowest BCUT2D eigenvalue weighted by molar-refractivity contribution is -0.121. The summed E-state index contributed by atoms with van der Waals surface area (Å²) in [6.07, 6.45) is 1.60. The Bertz CT molecular complexity index is 1110. The van der Waals surface area contributed by atoms with Gasteiger partial charge in [-0.05, 0) is 35.9 Å². The molecule has 0 spiro atoms. The Morgan fingerprint density at radius 2 is 1.97 bits per heavy atom. The van der Waals surface area contributed by atoms with Gasteiger partial charge in [-0.2, -0.15) is 0 Å². The number of carbonyl (C=O) groups is 1. The Balaban J connectivity index is 1.43. The molecule has 0 saturated heterocycles. The zero-order chi connectivity index (χ0) is 21.6. The number of rotatable bonds is 9. The van der Waals surface area contributed by atoms with Gasteiger partial charge in [0.2, 0.25) is 15.9 Å². The third-order valence-corrected chi connectivity index (χ3v) is 6.27. The van der Waals surface area contributed by atoms with Gasteiger partial charge in [0.15, 0.2) is 0 Å². The van der Waals surface area contributed by atoms with Crippen molar-refractivity contribution in [2.45, 2.75) is 17.9 Å². The first-order valence-corrected chi connectivity index (χ1v) is 11.5. The molecule has 2 N–H and O–H groups in total. The van der Waals surface area contributed by atoms with Crippen LogP contribution in [0.3, 0.4) is 0 Å². The molecule has 0 aliphatic rings. The summed E-state index contributed by atoms with van der Waals surface area (Å²) in [5.74, 6) is -0.397. The average molecular weight is 470 g/mol. The fraction of sp³-hybridized carbons (Fsp3) is 0.158. The molecule has 1 amide bonds. The highest BCUT2D eigenvalue weighted by Crippen LogP contribution is 2.23. The van der Waals surface area contributed by atoms with Crippen LogP contribution in [0, 0.1) is 5.82 Å². The lowest BCUT2D eigenvalue weighted by atomic mass is 10.2. The third-order valence-electron chi connectivity index (χ3n) is 3.87. The second-order valence-electron chi connectivity index (χ2n) is 6.04. The lowest BCUT2D eigenvalue weighted by Crippen LogP contribution is -2.30. The number of amides is 1. The zero-order valence-electron chi connectivity index (χ0n) is 15.5. The van der Waals surface area contributed by atoms with E-state index in [2.05, 4.69) is 15.0 Å². The van der Waals surface area contributed by atoms with Crippen LogP contribution in [0.2, 0.25) is 5.02 Å². The summed E-state index contributed by atoms with van der Waals surface area (Å²) < 4.78 is 45.3. The molecule has 3 rings (SSSR count). The Labute approximate surface area is 181 Å². The summed E-state index contributed by atoms with van der Waals surface area (Å²) in [4.78, 5) is 15.8. The normalized spacial score (nSPS) is 11.3. The molecule has 158 valence electrons. The van der Waals surface area contributed by atoms with Crippen LogP contribution in [0.15, 0.2) is 58.9 Å². The van der Waals surface area contributed by atoms with E-state index in [1.165, 1.54) is 11.3 Å². The van der Waals surface area contributed by atoms with Crippen molar-refractivity contribution >= 4 is 38.9 Å². The fourth-order valence-electron chi connectivity index (χ4n) is 2.35. The van der Waals surface area contributed by atoms with Crippen LogP contribution in [0.5, 0.6) is 10.9 Å². The third kappa shape index (κ3) is 6.23. The first kappa shape index (κ1) is 22.2. The maximum absolute atomic E-state index is 13.2. The summed E-state index contributed by atoms with van der Waals surface area (Å²) in [6, 6.07) is 10.2. The number of nitrogens with zero attached hydrogens (tertiary/aromatic N) is 1. The number of hydrogen-bond acceptors (Lipinski definition) is 6. The minimum Gasteiger partial charge on any atom is -0.431 e. The summed E-state index contributed by atoms with van der Waals surface area (Å²) in [5.41, 5.74) is 0.858. The molecule has 0 fully saturated rings. The second-order valence-corrected chi connectivity index (χ2v) is 9.08. The molecule has 0 aliphatic carbocycles. The summed E-state index contributed by atoms with van der Waals surface area (Å²) >= 11 is 6.99. The maximum atomic E-state index is 13.2. The number of aromatic nitrogens is 1. The van der Waals surface area contributed by atoms with E-state index in [0.29, 0.717) is 10.9 Å². The maximum Gasteiger partial charge on any atom is 0.278 e. The predicted octanol–water partition coefficient (Wildman–Crippen LogP) is 3.71. The van der Waals surface area contributed by atoms with Crippen LogP contribution in [0.1, 0.15) is 12.0 Å². The van der Waals surface area contributed by atoms with Crippen molar-refractivity contribution in [3.63, 3.8) is 0 Å². The molecular formula is C19H17ClFN3O4S2. The van der Waals surface area contributed by atoms with Gasteiger partial charge in [-0.25, -0.2) is 22.5 Å². The molecule has 11 heteroatoms. The first-order chi connectivity index (χ1) is 14.3. The molecule has 0 radical (unpaired) electrons. The number of sulfonamides is 1. The summed E-state index contributed by atoms with van der Waals surface area (Å²) in [6.45, 7) is 0.181. The monoisotopic (exact) mass is 469 g/mol. The number of thiazole rings is 1. The van der Waals surface area contributed by atoms with Crippen molar-refractivity contribution in [2.75, 3.05) is 6.54 Å². The van der Waals surface area contributed by atoms with Crippen LogP contribution >= 0.6 is 22.9 Å². The molecule has 1 aromatic heterocycles. The van der Waals surface area contributed by atoms with Gasteiger partial charge in [0.1, 0.15) is 11.6 Å². The smallest absolute Gasteiger partial charge is 0.278 e. The van der Waals surface area contributed by atoms with Gasteiger partial charge in [0, 0.05) is 31.1 Å². The van der Waals surface area contributed by atoms with E-state index < -0.39 is 15.8 Å². The van der Waals surface area contributed by atoms with Crippen LogP contribution in [-0.4, -0.2) is 25.9 Å². The van der Waals surface area contributed by atoms with Crippen LogP contribution in [0.4, 0.5) is 4.39 Å². The molecule has 0 aliphatic heterocycles. The topological polar surface area (TPSA) is 97.4 Å². The Kier molecular flexibility index (Phi) is 7.38. The SMILES string of the molecule is O=C(CCNS(=O)(=O)c1ccc(F)c(Cl)c1)NCc1ccc(Oc2nccs2)cc1. The van der Waals surface area contributed by atoms with E-state index in [1.54, 1.807) is 18.3 Å². The van der Waals surface area contributed by atoms with E-state index in [9.17, 15) is 17.6 Å². The van der Waals surface area contributed by atoms with Gasteiger partial charge >= 0.3 is 0 Å². The second kappa shape index (κ2) is 9.98. The number of halogens is 2. The number of hydrogen-bond donors (Lipinski definition) is 2. The molecule has 1 heterocycles. The fourth-order valence-corrected chi connectivity index (χ4v) is 4.16. The first-order valence-electron chi connectivity index (χ1n) is 8.71. The van der Waals surface area contributed by atoms with Gasteiger partial charge in [-0.1, -0.05) is 35.1 Å². The predicted molar refractivity (Wildman–Crippen MR) is 112 cm³/mol. The van der Waals surface area contributed by atoms with Gasteiger partial charge < -0.3 is 10.1 Å². The van der Waals surface area contributed by atoms with Crippen molar-refractivity contribution in [3.05, 3.63) is 70.4 Å². The highest BCUT2D eigenvalue weighted by atomic mass is 35.5. The van der Waals surface area contributed by atoms with E-state index >= 15 is 0 Å². The van der Waals surface area contributed by atoms with Crippen molar-refractivity contribution in [1.29, 1.82) is 0 Å². The largest absolute Gasteiger partial charge is 0.431 e. The zero-order valence-corrected chi connectivity index (χ0v) is 17.9. The quantitative estimate of drug-likeness (QED) is 0.498. The number of nitrogens with one attached hydrogen (secondary N) is 2. The van der Waals surface area contributed by atoms with Crippen LogP contribution in [0.25, 0.3) is 0 Å². The molecule has 2 aromatic carbocycles. The molecule has 30 heavy (non-hydrogen) atoms. The molecule has 3 aromatic rings. The van der Waals surface area contributed by atoms with E-state index in [1.807, 2.05) is 17.5 Å². The number of carbonyl (C=O) groups excluding carboxylic acids is 1. The molecule has 0 bridgehead atoms. The van der Waals surface area contributed by atoms with Gasteiger partial charge in [0.05, 0.1) is 9.92 Å². The Morgan fingerprint density at radius 3 is 2.63 bits per heavy atom. The minimum absolute atomic E-state index is 0.0562. The Hall–Kier alpha value is -2.53. The number of benzene rings is 2. The van der Waals surface area contributed by atoms with Gasteiger partial charge in [-0.3, -0.25) is 4.79 Å². The highest BCUT2D eigenvalue weighted by molar-refractivity contribution is 7.89. The standard InChI is InChI=1S/C19H17ClFN3O4S2/c20-16-11-15(5-6-17(16)21)30(26,27)24-8-7-18(25)23-12-13-1-3-14(4-2-13)28-19-22-9-10-29-19/h1-6,9-11,24H,7-8,12H2,(H,23,25). The van der Waals surface area contributed by atoms with Crippen molar-refractivity contribution in [2.24, 2.45) is 0 Å². The van der Waals surface area contributed by atoms with Crippen LogP contribution < -0.4 is 14.8 Å². The molecular weight excluding hydrogens is 453 g/mol. The Morgan fingerprint density at radius 1 is 1.20 bits per heavy atom. The van der Waals surface area contributed by atoms with E-state index in [4.69, 9.17) is 16.3 Å².